The summed E-state index contributed by atoms with van der Waals surface area (Å²) in [5, 5.41) is 3.08. The molecule has 1 N–H and O–H groups in total. The van der Waals surface area contributed by atoms with Gasteiger partial charge in [-0.1, -0.05) is 17.7 Å². The summed E-state index contributed by atoms with van der Waals surface area (Å²) in [4.78, 5) is 23.9. The van der Waals surface area contributed by atoms with Crippen molar-refractivity contribution in [3.8, 4) is 0 Å². The first-order chi connectivity index (χ1) is 12.2. The highest BCUT2D eigenvalue weighted by molar-refractivity contribution is 7.89. The van der Waals surface area contributed by atoms with E-state index in [1.165, 1.54) is 38.4 Å². The molecule has 0 radical (unpaired) electrons. The Balaban J connectivity index is 1.99. The Morgan fingerprint density at radius 2 is 1.77 bits per heavy atom. The molecule has 0 aliphatic heterocycles. The van der Waals surface area contributed by atoms with Gasteiger partial charge in [0, 0.05) is 24.8 Å². The van der Waals surface area contributed by atoms with Crippen LogP contribution in [0.3, 0.4) is 0 Å². The van der Waals surface area contributed by atoms with Crippen LogP contribution in [0.4, 0.5) is 5.69 Å². The molecule has 0 aliphatic rings. The first-order valence-electron chi connectivity index (χ1n) is 7.45. The number of halogens is 1. The summed E-state index contributed by atoms with van der Waals surface area (Å²) in [6, 6.07) is 11.9. The van der Waals surface area contributed by atoms with Crippen molar-refractivity contribution in [2.24, 2.45) is 0 Å². The third-order valence-electron chi connectivity index (χ3n) is 3.31. The molecule has 0 spiro atoms. The monoisotopic (exact) mass is 396 g/mol. The van der Waals surface area contributed by atoms with Crippen LogP contribution in [0.15, 0.2) is 53.4 Å². The lowest BCUT2D eigenvalue weighted by Crippen LogP contribution is -2.23. The predicted octanol–water partition coefficient (Wildman–Crippen LogP) is 2.39. The average molecular weight is 397 g/mol. The van der Waals surface area contributed by atoms with E-state index in [-0.39, 0.29) is 10.5 Å². The Hall–Kier alpha value is -2.42. The Morgan fingerprint density at radius 3 is 2.38 bits per heavy atom. The number of rotatable bonds is 6. The molecule has 0 aromatic heterocycles. The van der Waals surface area contributed by atoms with Crippen molar-refractivity contribution in [2.75, 3.05) is 26.0 Å². The van der Waals surface area contributed by atoms with Gasteiger partial charge in [-0.15, -0.1) is 0 Å². The van der Waals surface area contributed by atoms with Gasteiger partial charge in [0.1, 0.15) is 0 Å². The van der Waals surface area contributed by atoms with Crippen LogP contribution < -0.4 is 5.32 Å². The molecule has 0 fully saturated rings. The number of carbonyl (C=O) groups excluding carboxylic acids is 2. The third kappa shape index (κ3) is 5.04. The molecule has 2 aromatic carbocycles. The van der Waals surface area contributed by atoms with Gasteiger partial charge >= 0.3 is 5.97 Å². The lowest BCUT2D eigenvalue weighted by atomic mass is 10.2. The first kappa shape index (κ1) is 19.9. The summed E-state index contributed by atoms with van der Waals surface area (Å²) in [5.41, 5.74) is 0.543. The number of hydrogen-bond acceptors (Lipinski definition) is 5. The summed E-state index contributed by atoms with van der Waals surface area (Å²) in [6.45, 7) is -0.508. The van der Waals surface area contributed by atoms with E-state index >= 15 is 0 Å². The zero-order chi connectivity index (χ0) is 19.3. The van der Waals surface area contributed by atoms with E-state index in [0.29, 0.717) is 10.7 Å². The normalized spacial score (nSPS) is 11.2. The van der Waals surface area contributed by atoms with E-state index in [4.69, 9.17) is 16.3 Å². The van der Waals surface area contributed by atoms with Gasteiger partial charge in [0.15, 0.2) is 6.61 Å². The Labute approximate surface area is 156 Å². The van der Waals surface area contributed by atoms with E-state index < -0.39 is 28.5 Å². The third-order valence-corrected chi connectivity index (χ3v) is 5.37. The molecule has 9 heteroatoms. The van der Waals surface area contributed by atoms with Crippen LogP contribution in [0.1, 0.15) is 10.4 Å². The maximum absolute atomic E-state index is 12.1. The van der Waals surface area contributed by atoms with Crippen LogP contribution in [-0.4, -0.2) is 45.3 Å². The quantitative estimate of drug-likeness (QED) is 0.757. The summed E-state index contributed by atoms with van der Waals surface area (Å²) < 4.78 is 30.2. The fraction of sp³-hybridized carbons (Fsp3) is 0.176. The SMILES string of the molecule is CN(C)S(=O)(=O)c1cccc(C(=O)OCC(=O)Nc2ccc(Cl)cc2)c1. The highest BCUT2D eigenvalue weighted by atomic mass is 35.5. The Bertz CT molecular complexity index is 911. The highest BCUT2D eigenvalue weighted by Crippen LogP contribution is 2.16. The van der Waals surface area contributed by atoms with Crippen LogP contribution in [0.25, 0.3) is 0 Å². The fourth-order valence-corrected chi connectivity index (χ4v) is 3.01. The van der Waals surface area contributed by atoms with Gasteiger partial charge in [0.05, 0.1) is 10.5 Å². The number of carbonyl (C=O) groups is 2. The number of nitrogens with one attached hydrogen (secondary N) is 1. The molecular formula is C17H17ClN2O5S. The molecule has 0 saturated heterocycles. The fourth-order valence-electron chi connectivity index (χ4n) is 1.94. The number of esters is 1. The Morgan fingerprint density at radius 1 is 1.12 bits per heavy atom. The van der Waals surface area contributed by atoms with Gasteiger partial charge in [-0.05, 0) is 42.5 Å². The van der Waals surface area contributed by atoms with Crippen molar-refractivity contribution >= 4 is 39.2 Å². The molecule has 1 amide bonds. The summed E-state index contributed by atoms with van der Waals surface area (Å²) >= 11 is 5.76. The number of benzene rings is 2. The highest BCUT2D eigenvalue weighted by Gasteiger charge is 2.19. The van der Waals surface area contributed by atoms with E-state index in [0.717, 1.165) is 4.31 Å². The minimum Gasteiger partial charge on any atom is -0.452 e. The van der Waals surface area contributed by atoms with Crippen molar-refractivity contribution in [2.45, 2.75) is 4.90 Å². The first-order valence-corrected chi connectivity index (χ1v) is 9.27. The van der Waals surface area contributed by atoms with Crippen LogP contribution in [-0.2, 0) is 19.6 Å². The molecule has 138 valence electrons. The van der Waals surface area contributed by atoms with Crippen molar-refractivity contribution in [3.05, 3.63) is 59.1 Å². The maximum atomic E-state index is 12.1. The molecule has 0 atom stereocenters. The summed E-state index contributed by atoms with van der Waals surface area (Å²) in [5.74, 6) is -1.33. The number of ether oxygens (including phenoxy) is 1. The second kappa shape index (κ2) is 8.31. The van der Waals surface area contributed by atoms with Crippen molar-refractivity contribution in [1.82, 2.24) is 4.31 Å². The minimum absolute atomic E-state index is 0.0345. The van der Waals surface area contributed by atoms with Crippen molar-refractivity contribution < 1.29 is 22.7 Å². The second-order valence-electron chi connectivity index (χ2n) is 5.45. The molecule has 2 aromatic rings. The number of anilines is 1. The zero-order valence-corrected chi connectivity index (χ0v) is 15.7. The number of amides is 1. The van der Waals surface area contributed by atoms with E-state index in [9.17, 15) is 18.0 Å². The van der Waals surface area contributed by atoms with E-state index in [1.54, 1.807) is 24.3 Å². The molecule has 26 heavy (non-hydrogen) atoms. The zero-order valence-electron chi connectivity index (χ0n) is 14.1. The average Bonchev–Trinajstić information content (AvgIpc) is 2.61. The lowest BCUT2D eigenvalue weighted by molar-refractivity contribution is -0.119. The number of sulfonamides is 1. The summed E-state index contributed by atoms with van der Waals surface area (Å²) in [7, 11) is -0.892. The maximum Gasteiger partial charge on any atom is 0.338 e. The van der Waals surface area contributed by atoms with Gasteiger partial charge in [0.25, 0.3) is 5.91 Å². The summed E-state index contributed by atoms with van der Waals surface area (Å²) in [6.07, 6.45) is 0. The van der Waals surface area contributed by atoms with Crippen LogP contribution in [0.2, 0.25) is 5.02 Å². The molecule has 0 bridgehead atoms. The molecule has 2 rings (SSSR count). The van der Waals surface area contributed by atoms with Crippen molar-refractivity contribution in [1.29, 1.82) is 0 Å². The largest absolute Gasteiger partial charge is 0.452 e. The van der Waals surface area contributed by atoms with Gasteiger partial charge in [-0.25, -0.2) is 17.5 Å². The van der Waals surface area contributed by atoms with Crippen molar-refractivity contribution in [3.63, 3.8) is 0 Å². The predicted molar refractivity (Wildman–Crippen MR) is 97.7 cm³/mol. The van der Waals surface area contributed by atoms with Gasteiger partial charge in [-0.2, -0.15) is 0 Å². The molecule has 7 nitrogen and oxygen atoms in total. The molecule has 0 aliphatic carbocycles. The lowest BCUT2D eigenvalue weighted by Gasteiger charge is -2.12. The second-order valence-corrected chi connectivity index (χ2v) is 8.03. The molecular weight excluding hydrogens is 380 g/mol. The molecule has 0 unspecified atom stereocenters. The van der Waals surface area contributed by atoms with Crippen LogP contribution in [0, 0.1) is 0 Å². The van der Waals surface area contributed by atoms with Crippen LogP contribution in [0.5, 0.6) is 0 Å². The smallest absolute Gasteiger partial charge is 0.338 e. The van der Waals surface area contributed by atoms with E-state index in [2.05, 4.69) is 5.32 Å². The Kier molecular flexibility index (Phi) is 6.36. The van der Waals surface area contributed by atoms with Gasteiger partial charge < -0.3 is 10.1 Å². The molecule has 0 heterocycles. The standard InChI is InChI=1S/C17H17ClN2O5S/c1-20(2)26(23,24)15-5-3-4-12(10-15)17(22)25-11-16(21)19-14-8-6-13(18)7-9-14/h3-10H,11H2,1-2H3,(H,19,21). The van der Waals surface area contributed by atoms with Gasteiger partial charge in [0.2, 0.25) is 10.0 Å². The van der Waals surface area contributed by atoms with Gasteiger partial charge in [-0.3, -0.25) is 4.79 Å². The van der Waals surface area contributed by atoms with E-state index in [1.807, 2.05) is 0 Å². The topological polar surface area (TPSA) is 92.8 Å². The molecule has 0 saturated carbocycles. The van der Waals surface area contributed by atoms with Crippen LogP contribution >= 0.6 is 11.6 Å². The minimum atomic E-state index is -3.67. The number of hydrogen-bond donors (Lipinski definition) is 1. The number of nitrogens with zero attached hydrogens (tertiary/aromatic N) is 1.